The van der Waals surface area contributed by atoms with E-state index in [1.165, 1.54) is 16.5 Å². The zero-order chi connectivity index (χ0) is 34.7. The number of rotatable bonds is 8. The summed E-state index contributed by atoms with van der Waals surface area (Å²) in [6.07, 6.45) is 0.426. The van der Waals surface area contributed by atoms with Gasteiger partial charge in [0.15, 0.2) is 0 Å². The van der Waals surface area contributed by atoms with Crippen LogP contribution in [0.2, 0.25) is 0 Å². The van der Waals surface area contributed by atoms with Crippen LogP contribution in [-0.4, -0.2) is 96.5 Å². The number of carbonyl (C=O) groups is 1. The molecule has 0 bridgehead atoms. The first-order valence-electron chi connectivity index (χ1n) is 17.5. The van der Waals surface area contributed by atoms with Crippen LogP contribution >= 0.6 is 0 Å². The van der Waals surface area contributed by atoms with Gasteiger partial charge in [-0.3, -0.25) is 4.90 Å². The number of fused-ring (bicyclic) bond motifs is 2. The number of benzene rings is 3. The highest BCUT2D eigenvalue weighted by atomic mass is 16.6. The summed E-state index contributed by atoms with van der Waals surface area (Å²) in [4.78, 5) is 31.8. The van der Waals surface area contributed by atoms with Gasteiger partial charge in [-0.15, -0.1) is 0 Å². The Morgan fingerprint density at radius 2 is 1.78 bits per heavy atom. The normalized spacial score (nSPS) is 20.6. The minimum Gasteiger partial charge on any atom is -0.461 e. The third-order valence-corrected chi connectivity index (χ3v) is 10.3. The molecule has 0 saturated carbocycles. The second-order valence-electron chi connectivity index (χ2n) is 14.1. The van der Waals surface area contributed by atoms with Crippen molar-refractivity contribution in [2.24, 2.45) is 0 Å². The van der Waals surface area contributed by atoms with E-state index in [9.17, 15) is 10.1 Å². The van der Waals surface area contributed by atoms with E-state index in [0.717, 1.165) is 42.1 Å². The molecule has 3 aromatic carbocycles. The van der Waals surface area contributed by atoms with E-state index in [1.54, 1.807) is 4.90 Å². The fourth-order valence-electron chi connectivity index (χ4n) is 7.08. The maximum atomic E-state index is 13.3. The minimum absolute atomic E-state index is 0.0346. The average molecular weight is 676 g/mol. The summed E-state index contributed by atoms with van der Waals surface area (Å²) in [5.74, 6) is 0.811. The monoisotopic (exact) mass is 675 g/mol. The number of aromatic nitrogens is 2. The van der Waals surface area contributed by atoms with Gasteiger partial charge in [-0.05, 0) is 44.3 Å². The Kier molecular flexibility index (Phi) is 9.74. The van der Waals surface area contributed by atoms with Gasteiger partial charge in [0.05, 0.1) is 37.4 Å². The van der Waals surface area contributed by atoms with Crippen molar-refractivity contribution in [2.45, 2.75) is 57.5 Å². The van der Waals surface area contributed by atoms with E-state index < -0.39 is 6.09 Å². The van der Waals surface area contributed by atoms with E-state index >= 15 is 0 Å². The summed E-state index contributed by atoms with van der Waals surface area (Å²) in [5, 5.41) is 12.2. The lowest BCUT2D eigenvalue weighted by Gasteiger charge is -2.43. The van der Waals surface area contributed by atoms with Gasteiger partial charge < -0.3 is 28.9 Å². The number of ether oxygens (including phenoxy) is 3. The van der Waals surface area contributed by atoms with Gasteiger partial charge in [0.25, 0.3) is 0 Å². The minimum atomic E-state index is -0.408. The Bertz CT molecular complexity index is 1860. The van der Waals surface area contributed by atoms with E-state index in [0.29, 0.717) is 45.4 Å². The number of piperazine rings is 1. The van der Waals surface area contributed by atoms with E-state index in [2.05, 4.69) is 84.1 Å². The molecule has 3 aliphatic heterocycles. The van der Waals surface area contributed by atoms with Crippen molar-refractivity contribution in [1.29, 1.82) is 5.26 Å². The molecule has 50 heavy (non-hydrogen) atoms. The third kappa shape index (κ3) is 7.18. The summed E-state index contributed by atoms with van der Waals surface area (Å²) in [7, 11) is 2.11. The quantitative estimate of drug-likeness (QED) is 0.240. The number of nitrogens with zero attached hydrogens (tertiary/aromatic N) is 7. The molecule has 11 heteroatoms. The number of amides is 1. The second-order valence-corrected chi connectivity index (χ2v) is 14.1. The lowest BCUT2D eigenvalue weighted by Crippen LogP contribution is -2.56. The summed E-state index contributed by atoms with van der Waals surface area (Å²) in [6.45, 7) is 9.06. The summed E-state index contributed by atoms with van der Waals surface area (Å²) in [6, 6.07) is 26.8. The van der Waals surface area contributed by atoms with E-state index in [-0.39, 0.29) is 30.7 Å². The van der Waals surface area contributed by atoms with Crippen LogP contribution in [0.3, 0.4) is 0 Å². The van der Waals surface area contributed by atoms with Crippen LogP contribution in [0.1, 0.15) is 37.1 Å². The van der Waals surface area contributed by atoms with Gasteiger partial charge in [0.2, 0.25) is 0 Å². The zero-order valence-electron chi connectivity index (χ0n) is 29.1. The maximum absolute atomic E-state index is 13.3. The summed E-state index contributed by atoms with van der Waals surface area (Å²) < 4.78 is 18.2. The van der Waals surface area contributed by atoms with Gasteiger partial charge >= 0.3 is 12.1 Å². The molecule has 2 unspecified atom stereocenters. The molecular weight excluding hydrogens is 630 g/mol. The molecule has 3 aliphatic rings. The molecule has 260 valence electrons. The Morgan fingerprint density at radius 1 is 0.980 bits per heavy atom. The van der Waals surface area contributed by atoms with Crippen LogP contribution < -0.4 is 14.5 Å². The third-order valence-electron chi connectivity index (χ3n) is 10.3. The number of hydrogen-bond acceptors (Lipinski definition) is 10. The zero-order valence-corrected chi connectivity index (χ0v) is 29.1. The van der Waals surface area contributed by atoms with Crippen molar-refractivity contribution in [3.05, 3.63) is 89.6 Å². The maximum Gasteiger partial charge on any atom is 0.410 e. The second kappa shape index (κ2) is 14.5. The van der Waals surface area contributed by atoms with Crippen LogP contribution in [0.4, 0.5) is 16.3 Å². The predicted molar refractivity (Wildman–Crippen MR) is 192 cm³/mol. The summed E-state index contributed by atoms with van der Waals surface area (Å²) in [5.41, 5.74) is 4.07. The van der Waals surface area contributed by atoms with Crippen molar-refractivity contribution in [2.75, 3.05) is 62.8 Å². The molecule has 4 aromatic rings. The molecule has 2 saturated heterocycles. The van der Waals surface area contributed by atoms with Crippen LogP contribution in [-0.2, 0) is 29.0 Å². The number of carbonyl (C=O) groups excluding carboxylic acids is 1. The van der Waals surface area contributed by atoms with Gasteiger partial charge in [-0.1, -0.05) is 66.7 Å². The lowest BCUT2D eigenvalue weighted by atomic mass is 10.0. The van der Waals surface area contributed by atoms with Crippen molar-refractivity contribution >= 4 is 28.4 Å². The number of anilines is 2. The van der Waals surface area contributed by atoms with Crippen LogP contribution in [0.15, 0.2) is 72.8 Å². The molecule has 11 nitrogen and oxygen atoms in total. The fraction of sp³-hybridized carbons (Fsp3) is 0.436. The van der Waals surface area contributed by atoms with Crippen LogP contribution in [0.5, 0.6) is 6.01 Å². The molecule has 0 N–H and O–H groups in total. The number of likely N-dealkylation sites (N-methyl/N-ethyl adjacent to an activating group) is 1. The number of hydrogen-bond donors (Lipinski definition) is 0. The fourth-order valence-corrected chi connectivity index (χ4v) is 7.08. The molecule has 2 fully saturated rings. The van der Waals surface area contributed by atoms with Gasteiger partial charge in [0.1, 0.15) is 25.1 Å². The highest BCUT2D eigenvalue weighted by Crippen LogP contribution is 2.35. The molecule has 2 atom stereocenters. The molecule has 4 heterocycles. The first-order chi connectivity index (χ1) is 24.3. The van der Waals surface area contributed by atoms with Crippen molar-refractivity contribution in [3.8, 4) is 12.1 Å². The highest BCUT2D eigenvalue weighted by Gasteiger charge is 2.36. The first-order valence-corrected chi connectivity index (χ1v) is 17.5. The summed E-state index contributed by atoms with van der Waals surface area (Å²) >= 11 is 0. The van der Waals surface area contributed by atoms with Crippen molar-refractivity contribution in [3.63, 3.8) is 0 Å². The molecule has 7 rings (SSSR count). The number of morpholine rings is 1. The first kappa shape index (κ1) is 33.6. The molecule has 0 radical (unpaired) electrons. The topological polar surface area (TPSA) is 107 Å². The SMILES string of the molecule is CN1CC(COc2nc3c(c(N4CCN(C(=O)OCc5ccccc5)C(CC#N)C4)n2)CCN(c2cccc4ccccc24)C3)OCC1(C)C. The van der Waals surface area contributed by atoms with E-state index in [4.69, 9.17) is 24.2 Å². The Balaban J connectivity index is 1.14. The Labute approximate surface area is 294 Å². The van der Waals surface area contributed by atoms with Gasteiger partial charge in [-0.2, -0.15) is 15.2 Å². The average Bonchev–Trinajstić information content (AvgIpc) is 3.14. The highest BCUT2D eigenvalue weighted by molar-refractivity contribution is 5.94. The molecule has 0 aliphatic carbocycles. The molecule has 1 amide bonds. The number of nitriles is 1. The van der Waals surface area contributed by atoms with Gasteiger partial charge in [0, 0.05) is 54.9 Å². The van der Waals surface area contributed by atoms with Crippen molar-refractivity contribution < 1.29 is 19.0 Å². The molecule has 1 aromatic heterocycles. The Hall–Kier alpha value is -4.92. The van der Waals surface area contributed by atoms with Crippen molar-refractivity contribution in [1.82, 2.24) is 19.8 Å². The lowest BCUT2D eigenvalue weighted by molar-refractivity contribution is -0.101. The Morgan fingerprint density at radius 3 is 2.60 bits per heavy atom. The smallest absolute Gasteiger partial charge is 0.410 e. The van der Waals surface area contributed by atoms with Crippen LogP contribution in [0, 0.1) is 11.3 Å². The van der Waals surface area contributed by atoms with E-state index in [1.807, 2.05) is 30.3 Å². The molecule has 0 spiro atoms. The standard InChI is InChI=1S/C39H45N7O4/c1-39(2)27-50-31(23-43(39)3)26-48-37-41-34-24-44(35-15-9-13-29-12-7-8-14-32(29)35)19-17-33(34)36(42-37)45-20-21-46(30(22-45)16-18-40)38(47)49-25-28-10-5-4-6-11-28/h4-15,30-31H,16-17,19-27H2,1-3H3. The molecular formula is C39H45N7O4. The predicted octanol–water partition coefficient (Wildman–Crippen LogP) is 5.42. The largest absolute Gasteiger partial charge is 0.461 e. The van der Waals surface area contributed by atoms with Gasteiger partial charge in [-0.25, -0.2) is 4.79 Å². The van der Waals surface area contributed by atoms with Crippen LogP contribution in [0.25, 0.3) is 10.8 Å².